The van der Waals surface area contributed by atoms with Crippen LogP contribution in [0.3, 0.4) is 0 Å². The molecule has 0 saturated heterocycles. The van der Waals surface area contributed by atoms with Crippen molar-refractivity contribution in [2.24, 2.45) is 17.1 Å². The molecule has 18 heavy (non-hydrogen) atoms. The largest absolute Gasteiger partial charge is 0.402 e. The number of hydrogen-bond acceptors (Lipinski definition) is 1. The first-order chi connectivity index (χ1) is 8.47. The van der Waals surface area contributed by atoms with E-state index in [-0.39, 0.29) is 5.41 Å². The molecule has 1 nitrogen and oxygen atoms in total. The van der Waals surface area contributed by atoms with Crippen molar-refractivity contribution in [3.05, 3.63) is 22.9 Å². The highest BCUT2D eigenvalue weighted by Gasteiger charge is 2.33. The molecular weight excluding hydrogens is 218 g/mol. The lowest BCUT2D eigenvalue weighted by molar-refractivity contribution is 0.304. The summed E-state index contributed by atoms with van der Waals surface area (Å²) in [6.07, 6.45) is 7.03. The Morgan fingerprint density at radius 3 is 2.11 bits per heavy atom. The molecule has 0 aliphatic heterocycles. The third-order valence-electron chi connectivity index (χ3n) is 3.84. The molecule has 0 unspecified atom stereocenters. The molecule has 1 heteroatoms. The van der Waals surface area contributed by atoms with E-state index in [1.54, 1.807) is 0 Å². The van der Waals surface area contributed by atoms with Gasteiger partial charge in [0.2, 0.25) is 0 Å². The minimum atomic E-state index is 0.224. The Labute approximate surface area is 115 Å². The van der Waals surface area contributed by atoms with Crippen LogP contribution in [-0.4, -0.2) is 0 Å². The van der Waals surface area contributed by atoms with Gasteiger partial charge in [-0.3, -0.25) is 0 Å². The molecule has 2 N–H and O–H groups in total. The summed E-state index contributed by atoms with van der Waals surface area (Å²) in [5.74, 6) is 0.518. The summed E-state index contributed by atoms with van der Waals surface area (Å²) in [6.45, 7) is 15.3. The van der Waals surface area contributed by atoms with Crippen molar-refractivity contribution in [2.45, 2.75) is 74.1 Å². The molecule has 0 fully saturated rings. The topological polar surface area (TPSA) is 26.0 Å². The van der Waals surface area contributed by atoms with Crippen molar-refractivity contribution in [1.29, 1.82) is 0 Å². The molecule has 1 aliphatic carbocycles. The van der Waals surface area contributed by atoms with E-state index in [0.717, 1.165) is 25.0 Å². The quantitative estimate of drug-likeness (QED) is 0.708. The molecule has 0 aromatic rings. The molecule has 0 radical (unpaired) electrons. The second kappa shape index (κ2) is 7.66. The summed E-state index contributed by atoms with van der Waals surface area (Å²) in [4.78, 5) is 0. The zero-order chi connectivity index (χ0) is 14.3. The summed E-state index contributed by atoms with van der Waals surface area (Å²) in [5.41, 5.74) is 10.7. The van der Waals surface area contributed by atoms with Gasteiger partial charge in [-0.15, -0.1) is 0 Å². The van der Waals surface area contributed by atoms with Gasteiger partial charge in [-0.25, -0.2) is 0 Å². The third kappa shape index (κ3) is 3.63. The molecule has 0 heterocycles. The molecule has 1 aliphatic rings. The summed E-state index contributed by atoms with van der Waals surface area (Å²) >= 11 is 0. The van der Waals surface area contributed by atoms with Gasteiger partial charge < -0.3 is 5.73 Å². The Morgan fingerprint density at radius 1 is 1.17 bits per heavy atom. The minimum absolute atomic E-state index is 0.224. The summed E-state index contributed by atoms with van der Waals surface area (Å²) < 4.78 is 0. The summed E-state index contributed by atoms with van der Waals surface area (Å²) in [7, 11) is 0. The van der Waals surface area contributed by atoms with Crippen LogP contribution in [0.2, 0.25) is 0 Å². The van der Waals surface area contributed by atoms with Gasteiger partial charge in [0.05, 0.1) is 0 Å². The highest BCUT2D eigenvalue weighted by Crippen LogP contribution is 2.43. The van der Waals surface area contributed by atoms with Crippen molar-refractivity contribution in [3.63, 3.8) is 0 Å². The van der Waals surface area contributed by atoms with E-state index in [9.17, 15) is 0 Å². The van der Waals surface area contributed by atoms with Gasteiger partial charge in [0, 0.05) is 11.6 Å². The standard InChI is InChI=1S/C15H27N.C2H6/c1-6-9-12-11(7-2)10-15(4,5)13(8-3)14(12)16;1-2/h10,13H,6-9,16H2,1-5H3;1-2H3/t13-;/m0./s1. The van der Waals surface area contributed by atoms with Crippen molar-refractivity contribution in [2.75, 3.05) is 0 Å². The Kier molecular flexibility index (Phi) is 7.35. The van der Waals surface area contributed by atoms with Gasteiger partial charge in [-0.1, -0.05) is 61.0 Å². The summed E-state index contributed by atoms with van der Waals surface area (Å²) in [5, 5.41) is 0. The Hall–Kier alpha value is -0.720. The number of hydrogen-bond donors (Lipinski definition) is 1. The van der Waals surface area contributed by atoms with E-state index in [1.807, 2.05) is 13.8 Å². The van der Waals surface area contributed by atoms with Crippen LogP contribution in [0.25, 0.3) is 0 Å². The number of nitrogens with two attached hydrogens (primary N) is 1. The van der Waals surface area contributed by atoms with E-state index >= 15 is 0 Å². The summed E-state index contributed by atoms with van der Waals surface area (Å²) in [6, 6.07) is 0. The predicted octanol–water partition coefficient (Wildman–Crippen LogP) is 5.43. The second-order valence-corrected chi connectivity index (χ2v) is 5.49. The van der Waals surface area contributed by atoms with Gasteiger partial charge in [0.25, 0.3) is 0 Å². The number of rotatable bonds is 4. The zero-order valence-corrected chi connectivity index (χ0v) is 13.6. The van der Waals surface area contributed by atoms with Gasteiger partial charge in [0.1, 0.15) is 0 Å². The predicted molar refractivity (Wildman–Crippen MR) is 83.4 cm³/mol. The van der Waals surface area contributed by atoms with Crippen molar-refractivity contribution < 1.29 is 0 Å². The van der Waals surface area contributed by atoms with Gasteiger partial charge in [-0.05, 0) is 35.8 Å². The first-order valence-electron chi connectivity index (χ1n) is 7.68. The van der Waals surface area contributed by atoms with E-state index < -0.39 is 0 Å². The first-order valence-corrected chi connectivity index (χ1v) is 7.68. The lowest BCUT2D eigenvalue weighted by Gasteiger charge is -2.38. The van der Waals surface area contributed by atoms with Gasteiger partial charge >= 0.3 is 0 Å². The molecule has 0 aromatic heterocycles. The molecule has 1 atom stereocenters. The zero-order valence-electron chi connectivity index (χ0n) is 13.6. The average molecular weight is 251 g/mol. The Morgan fingerprint density at radius 2 is 1.72 bits per heavy atom. The van der Waals surface area contributed by atoms with E-state index in [0.29, 0.717) is 5.92 Å². The van der Waals surface area contributed by atoms with Crippen LogP contribution < -0.4 is 5.73 Å². The Bertz CT molecular complexity index is 308. The van der Waals surface area contributed by atoms with Crippen molar-refractivity contribution in [3.8, 4) is 0 Å². The molecule has 0 saturated carbocycles. The normalized spacial score (nSPS) is 22.2. The lowest BCUT2D eigenvalue weighted by Crippen LogP contribution is -2.32. The maximum Gasteiger partial charge on any atom is 0.0156 e. The number of allylic oxidation sites excluding steroid dienone is 4. The SMILES string of the molecule is CC.CCCC1=C(N)[C@H](CC)C(C)(C)C=C1CC. The molecule has 0 spiro atoms. The molecule has 0 aromatic carbocycles. The fourth-order valence-electron chi connectivity index (χ4n) is 3.05. The van der Waals surface area contributed by atoms with Gasteiger partial charge in [0.15, 0.2) is 0 Å². The van der Waals surface area contributed by atoms with Crippen molar-refractivity contribution >= 4 is 0 Å². The highest BCUT2D eigenvalue weighted by atomic mass is 14.6. The van der Waals surface area contributed by atoms with Crippen LogP contribution in [0.15, 0.2) is 22.9 Å². The van der Waals surface area contributed by atoms with Crippen LogP contribution in [-0.2, 0) is 0 Å². The fourth-order valence-corrected chi connectivity index (χ4v) is 3.05. The van der Waals surface area contributed by atoms with Crippen LogP contribution in [0.4, 0.5) is 0 Å². The van der Waals surface area contributed by atoms with Crippen molar-refractivity contribution in [1.82, 2.24) is 0 Å². The molecule has 1 rings (SSSR count). The van der Waals surface area contributed by atoms with Crippen LogP contribution >= 0.6 is 0 Å². The molecule has 0 bridgehead atoms. The first kappa shape index (κ1) is 17.3. The van der Waals surface area contributed by atoms with E-state index in [2.05, 4.69) is 40.7 Å². The average Bonchev–Trinajstić information content (AvgIpc) is 2.35. The van der Waals surface area contributed by atoms with Crippen LogP contribution in [0.5, 0.6) is 0 Å². The fraction of sp³-hybridized carbons (Fsp3) is 0.765. The van der Waals surface area contributed by atoms with E-state index in [4.69, 9.17) is 5.73 Å². The van der Waals surface area contributed by atoms with Crippen LogP contribution in [0.1, 0.15) is 74.1 Å². The van der Waals surface area contributed by atoms with E-state index in [1.165, 1.54) is 17.6 Å². The lowest BCUT2D eigenvalue weighted by atomic mass is 9.68. The maximum absolute atomic E-state index is 6.40. The molecule has 106 valence electrons. The maximum atomic E-state index is 6.40. The molecular formula is C17H33N. The smallest absolute Gasteiger partial charge is 0.0156 e. The second-order valence-electron chi connectivity index (χ2n) is 5.49. The molecule has 0 amide bonds. The van der Waals surface area contributed by atoms with Gasteiger partial charge in [-0.2, -0.15) is 0 Å². The monoisotopic (exact) mass is 251 g/mol. The minimum Gasteiger partial charge on any atom is -0.402 e. The Balaban J connectivity index is 0.00000137. The van der Waals surface area contributed by atoms with Crippen LogP contribution in [0, 0.1) is 11.3 Å². The third-order valence-corrected chi connectivity index (χ3v) is 3.84. The highest BCUT2D eigenvalue weighted by molar-refractivity contribution is 5.41.